The number of hydrogen-bond acceptors (Lipinski definition) is 3. The van der Waals surface area contributed by atoms with Crippen LogP contribution in [0.3, 0.4) is 0 Å². The molecule has 0 radical (unpaired) electrons. The van der Waals surface area contributed by atoms with Gasteiger partial charge in [-0.25, -0.2) is 0 Å². The van der Waals surface area contributed by atoms with Gasteiger partial charge in [-0.2, -0.15) is 0 Å². The van der Waals surface area contributed by atoms with Crippen LogP contribution < -0.4 is 5.32 Å². The molecule has 5 heteroatoms. The number of amides is 2. The third-order valence-corrected chi connectivity index (χ3v) is 4.40. The molecule has 2 heterocycles. The summed E-state index contributed by atoms with van der Waals surface area (Å²) in [7, 11) is 0. The van der Waals surface area contributed by atoms with Gasteiger partial charge in [-0.3, -0.25) is 9.59 Å². The number of aryl methyl sites for hydroxylation is 1. The monoisotopic (exact) mass is 280 g/mol. The van der Waals surface area contributed by atoms with E-state index in [0.29, 0.717) is 6.54 Å². The minimum absolute atomic E-state index is 0.0325. The van der Waals surface area contributed by atoms with Gasteiger partial charge in [0.05, 0.1) is 13.1 Å². The number of nitrogens with zero attached hydrogens (tertiary/aromatic N) is 1. The van der Waals surface area contributed by atoms with E-state index in [0.717, 1.165) is 6.42 Å². The highest BCUT2D eigenvalue weighted by atomic mass is 32.1. The normalized spacial score (nSPS) is 20.0. The van der Waals surface area contributed by atoms with E-state index >= 15 is 0 Å². The van der Waals surface area contributed by atoms with Crippen molar-refractivity contribution in [1.29, 1.82) is 0 Å². The van der Waals surface area contributed by atoms with E-state index in [-0.39, 0.29) is 30.3 Å². The van der Waals surface area contributed by atoms with Crippen molar-refractivity contribution in [3.63, 3.8) is 0 Å². The quantitative estimate of drug-likeness (QED) is 0.914. The Labute approximate surface area is 117 Å². The molecule has 1 aliphatic heterocycles. The van der Waals surface area contributed by atoms with Gasteiger partial charge in [-0.15, -0.1) is 11.3 Å². The lowest BCUT2D eigenvalue weighted by Crippen LogP contribution is -2.59. The number of hydrogen-bond donors (Lipinski definition) is 1. The molecular weight excluding hydrogens is 260 g/mol. The largest absolute Gasteiger partial charge is 0.343 e. The van der Waals surface area contributed by atoms with Crippen LogP contribution in [0.2, 0.25) is 0 Å². The number of carbonyl (C=O) groups excluding carboxylic acids is 2. The molecule has 0 aromatic carbocycles. The van der Waals surface area contributed by atoms with Crippen molar-refractivity contribution in [3.05, 3.63) is 21.9 Å². The molecule has 2 amide bonds. The van der Waals surface area contributed by atoms with Crippen molar-refractivity contribution in [2.24, 2.45) is 5.92 Å². The van der Waals surface area contributed by atoms with Crippen LogP contribution in [0.5, 0.6) is 0 Å². The maximum atomic E-state index is 12.4. The molecule has 1 N–H and O–H groups in total. The lowest BCUT2D eigenvalue weighted by Gasteiger charge is -2.34. The van der Waals surface area contributed by atoms with Crippen molar-refractivity contribution in [3.8, 4) is 0 Å². The molecule has 2 rings (SSSR count). The maximum Gasteiger partial charge on any atom is 0.246 e. The van der Waals surface area contributed by atoms with Crippen molar-refractivity contribution in [1.82, 2.24) is 10.2 Å². The van der Waals surface area contributed by atoms with Gasteiger partial charge in [0.15, 0.2) is 0 Å². The average molecular weight is 280 g/mol. The third-order valence-electron chi connectivity index (χ3n) is 3.45. The number of rotatable bonds is 4. The zero-order valence-corrected chi connectivity index (χ0v) is 12.4. The molecule has 1 unspecified atom stereocenters. The molecule has 1 saturated heterocycles. The highest BCUT2D eigenvalue weighted by Gasteiger charge is 2.34. The van der Waals surface area contributed by atoms with Crippen LogP contribution in [-0.4, -0.2) is 29.3 Å². The smallest absolute Gasteiger partial charge is 0.246 e. The van der Waals surface area contributed by atoms with E-state index in [2.05, 4.69) is 18.3 Å². The second-order valence-electron chi connectivity index (χ2n) is 5.21. The van der Waals surface area contributed by atoms with Crippen LogP contribution in [0, 0.1) is 5.92 Å². The van der Waals surface area contributed by atoms with Gasteiger partial charge in [-0.1, -0.05) is 20.8 Å². The highest BCUT2D eigenvalue weighted by molar-refractivity contribution is 7.10. The molecule has 1 fully saturated rings. The molecule has 1 aliphatic rings. The summed E-state index contributed by atoms with van der Waals surface area (Å²) in [5, 5.41) is 4.82. The molecular formula is C14H20N2O2S. The van der Waals surface area contributed by atoms with Crippen LogP contribution in [0.15, 0.2) is 11.4 Å². The summed E-state index contributed by atoms with van der Waals surface area (Å²) in [6.07, 6.45) is 0.959. The summed E-state index contributed by atoms with van der Waals surface area (Å²) in [4.78, 5) is 26.9. The highest BCUT2D eigenvalue weighted by Crippen LogP contribution is 2.21. The summed E-state index contributed by atoms with van der Waals surface area (Å²) >= 11 is 1.66. The SMILES string of the molecule is CCc1ccsc1CN1CC(=O)NC(C(C)C)C1=O. The van der Waals surface area contributed by atoms with E-state index in [1.807, 2.05) is 19.2 Å². The summed E-state index contributed by atoms with van der Waals surface area (Å²) in [6.45, 7) is 6.73. The first kappa shape index (κ1) is 14.1. The standard InChI is InChI=1S/C14H20N2O2S/c1-4-10-5-6-19-11(10)7-16-8-12(17)15-13(9(2)3)14(16)18/h5-6,9,13H,4,7-8H2,1-3H3,(H,15,17). The van der Waals surface area contributed by atoms with Gasteiger partial charge in [0.25, 0.3) is 0 Å². The van der Waals surface area contributed by atoms with Crippen molar-refractivity contribution >= 4 is 23.2 Å². The number of nitrogens with one attached hydrogen (secondary N) is 1. The van der Waals surface area contributed by atoms with Crippen LogP contribution in [0.25, 0.3) is 0 Å². The van der Waals surface area contributed by atoms with Gasteiger partial charge in [0, 0.05) is 4.88 Å². The predicted octanol–water partition coefficient (Wildman–Crippen LogP) is 1.79. The van der Waals surface area contributed by atoms with Crippen molar-refractivity contribution in [2.45, 2.75) is 39.8 Å². The molecule has 1 aromatic rings. The Morgan fingerprint density at radius 2 is 2.21 bits per heavy atom. The summed E-state index contributed by atoms with van der Waals surface area (Å²) in [5.41, 5.74) is 1.27. The lowest BCUT2D eigenvalue weighted by molar-refractivity contribution is -0.146. The second-order valence-corrected chi connectivity index (χ2v) is 6.21. The number of carbonyl (C=O) groups is 2. The topological polar surface area (TPSA) is 49.4 Å². The van der Waals surface area contributed by atoms with Crippen molar-refractivity contribution < 1.29 is 9.59 Å². The second kappa shape index (κ2) is 5.74. The minimum atomic E-state index is -0.383. The van der Waals surface area contributed by atoms with Gasteiger partial charge in [-0.05, 0) is 29.3 Å². The van der Waals surface area contributed by atoms with Gasteiger partial charge >= 0.3 is 0 Å². The summed E-state index contributed by atoms with van der Waals surface area (Å²) < 4.78 is 0. The predicted molar refractivity (Wildman–Crippen MR) is 75.9 cm³/mol. The molecule has 0 bridgehead atoms. The molecule has 0 spiro atoms. The van der Waals surface area contributed by atoms with Crippen LogP contribution in [0.4, 0.5) is 0 Å². The van der Waals surface area contributed by atoms with Crippen LogP contribution in [-0.2, 0) is 22.6 Å². The molecule has 0 aliphatic carbocycles. The first-order valence-corrected chi connectivity index (χ1v) is 7.54. The van der Waals surface area contributed by atoms with E-state index < -0.39 is 0 Å². The zero-order chi connectivity index (χ0) is 14.0. The Morgan fingerprint density at radius 3 is 2.84 bits per heavy atom. The molecule has 1 aromatic heterocycles. The fourth-order valence-electron chi connectivity index (χ4n) is 2.31. The third kappa shape index (κ3) is 2.97. The number of thiophene rings is 1. The Balaban J connectivity index is 2.15. The zero-order valence-electron chi connectivity index (χ0n) is 11.6. The Morgan fingerprint density at radius 1 is 1.47 bits per heavy atom. The van der Waals surface area contributed by atoms with Crippen LogP contribution in [0.1, 0.15) is 31.2 Å². The Hall–Kier alpha value is -1.36. The summed E-state index contributed by atoms with van der Waals surface area (Å²) in [6, 6.07) is 1.71. The van der Waals surface area contributed by atoms with E-state index in [1.165, 1.54) is 10.4 Å². The fraction of sp³-hybridized carbons (Fsp3) is 0.571. The molecule has 1 atom stereocenters. The first-order chi connectivity index (χ1) is 9.02. The van der Waals surface area contributed by atoms with Gasteiger partial charge in [0.1, 0.15) is 6.04 Å². The van der Waals surface area contributed by atoms with Gasteiger partial charge in [0.2, 0.25) is 11.8 Å². The van der Waals surface area contributed by atoms with E-state index in [4.69, 9.17) is 0 Å². The minimum Gasteiger partial charge on any atom is -0.343 e. The van der Waals surface area contributed by atoms with Gasteiger partial charge < -0.3 is 10.2 Å². The molecule has 0 saturated carbocycles. The molecule has 4 nitrogen and oxygen atoms in total. The first-order valence-electron chi connectivity index (χ1n) is 6.66. The summed E-state index contributed by atoms with van der Waals surface area (Å²) in [5.74, 6) is 0.0891. The van der Waals surface area contributed by atoms with Crippen molar-refractivity contribution in [2.75, 3.05) is 6.54 Å². The maximum absolute atomic E-state index is 12.4. The fourth-order valence-corrected chi connectivity index (χ4v) is 3.30. The van der Waals surface area contributed by atoms with E-state index in [1.54, 1.807) is 16.2 Å². The average Bonchev–Trinajstić information content (AvgIpc) is 2.80. The molecule has 104 valence electrons. The number of piperazine rings is 1. The Kier molecular flexibility index (Phi) is 4.24. The Bertz CT molecular complexity index is 482. The van der Waals surface area contributed by atoms with E-state index in [9.17, 15) is 9.59 Å². The molecule has 19 heavy (non-hydrogen) atoms. The van der Waals surface area contributed by atoms with Crippen LogP contribution >= 0.6 is 11.3 Å². The lowest BCUT2D eigenvalue weighted by atomic mass is 10.0.